The molecule has 0 aromatic carbocycles. The quantitative estimate of drug-likeness (QED) is 0.937. The van der Waals surface area contributed by atoms with Crippen LogP contribution in [0.3, 0.4) is 0 Å². The molecule has 2 aromatic heterocycles. The Labute approximate surface area is 121 Å². The lowest BCUT2D eigenvalue weighted by Gasteiger charge is -2.22. The number of thiophene rings is 1. The van der Waals surface area contributed by atoms with Crippen molar-refractivity contribution in [1.29, 1.82) is 0 Å². The Bertz CT molecular complexity index is 732. The number of sulfonamides is 1. The maximum Gasteiger partial charge on any atom is 0.242 e. The van der Waals surface area contributed by atoms with Gasteiger partial charge in [-0.25, -0.2) is 22.8 Å². The van der Waals surface area contributed by atoms with Crippen molar-refractivity contribution in [2.45, 2.75) is 44.2 Å². The van der Waals surface area contributed by atoms with Crippen LogP contribution in [0, 0.1) is 13.8 Å². The van der Waals surface area contributed by atoms with Gasteiger partial charge in [0, 0.05) is 16.3 Å². The molecule has 0 unspecified atom stereocenters. The number of rotatable bonds is 3. The summed E-state index contributed by atoms with van der Waals surface area (Å²) in [6, 6.07) is 1.42. The number of aromatic nitrogens is 3. The molecule has 108 valence electrons. The van der Waals surface area contributed by atoms with Gasteiger partial charge >= 0.3 is 0 Å². The average Bonchev–Trinajstić information content (AvgIpc) is 2.96. The van der Waals surface area contributed by atoms with Crippen molar-refractivity contribution in [3.8, 4) is 0 Å². The van der Waals surface area contributed by atoms with E-state index in [1.165, 1.54) is 17.7 Å². The predicted octanol–water partition coefficient (Wildman–Crippen LogP) is 1.77. The fourth-order valence-electron chi connectivity index (χ4n) is 2.53. The fraction of sp³-hybridized carbons (Fsp3) is 0.500. The Kier molecular flexibility index (Phi) is 3.39. The molecule has 6 nitrogen and oxygen atoms in total. The van der Waals surface area contributed by atoms with Crippen LogP contribution >= 0.6 is 11.3 Å². The van der Waals surface area contributed by atoms with E-state index in [1.807, 2.05) is 13.8 Å². The third kappa shape index (κ3) is 2.38. The first-order valence-electron chi connectivity index (χ1n) is 6.44. The van der Waals surface area contributed by atoms with Crippen molar-refractivity contribution in [2.24, 2.45) is 0 Å². The van der Waals surface area contributed by atoms with Crippen molar-refractivity contribution >= 4 is 21.4 Å². The normalized spacial score (nSPS) is 19.0. The molecule has 2 aromatic rings. The number of nitrogens with zero attached hydrogens (tertiary/aromatic N) is 3. The van der Waals surface area contributed by atoms with Gasteiger partial charge in [0.15, 0.2) is 0 Å². The van der Waals surface area contributed by atoms with Crippen LogP contribution in [0.1, 0.15) is 34.5 Å². The van der Waals surface area contributed by atoms with Crippen molar-refractivity contribution in [1.82, 2.24) is 19.5 Å². The topological polar surface area (TPSA) is 76.9 Å². The summed E-state index contributed by atoms with van der Waals surface area (Å²) >= 11 is 1.49. The molecule has 0 amide bonds. The number of hydrogen-bond acceptors (Lipinski definition) is 5. The summed E-state index contributed by atoms with van der Waals surface area (Å²) in [5, 5.41) is 4.10. The van der Waals surface area contributed by atoms with Gasteiger partial charge < -0.3 is 0 Å². The lowest BCUT2D eigenvalue weighted by Crippen LogP contribution is -2.33. The fourth-order valence-corrected chi connectivity index (χ4v) is 5.31. The lowest BCUT2D eigenvalue weighted by molar-refractivity contribution is 0.400. The van der Waals surface area contributed by atoms with Gasteiger partial charge in [-0.05, 0) is 32.8 Å². The van der Waals surface area contributed by atoms with Crippen molar-refractivity contribution in [2.75, 3.05) is 0 Å². The van der Waals surface area contributed by atoms with Gasteiger partial charge in [0.2, 0.25) is 10.0 Å². The molecule has 1 aliphatic heterocycles. The molecule has 0 saturated carbocycles. The summed E-state index contributed by atoms with van der Waals surface area (Å²) in [6.07, 6.45) is 3.12. The monoisotopic (exact) mass is 312 g/mol. The summed E-state index contributed by atoms with van der Waals surface area (Å²) in [5.41, 5.74) is 0. The van der Waals surface area contributed by atoms with Gasteiger partial charge in [-0.15, -0.1) is 11.3 Å². The third-order valence-corrected chi connectivity index (χ3v) is 6.10. The van der Waals surface area contributed by atoms with E-state index in [2.05, 4.69) is 14.8 Å². The summed E-state index contributed by atoms with van der Waals surface area (Å²) in [6.45, 7) is 4.54. The van der Waals surface area contributed by atoms with Gasteiger partial charge in [0.1, 0.15) is 12.2 Å². The molecular weight excluding hydrogens is 296 g/mol. The largest absolute Gasteiger partial charge is 0.248 e. The molecule has 8 heteroatoms. The Morgan fingerprint density at radius 2 is 2.25 bits per heavy atom. The smallest absolute Gasteiger partial charge is 0.242 e. The minimum atomic E-state index is -3.51. The molecule has 1 aliphatic rings. The first-order chi connectivity index (χ1) is 9.47. The SMILES string of the molecule is Cc1cc(S(=O)(=O)N[C@H]2CCCn3ncnc32)c(C)s1. The molecule has 3 heterocycles. The molecule has 0 saturated heterocycles. The van der Waals surface area contributed by atoms with Gasteiger partial charge in [-0.1, -0.05) is 0 Å². The Morgan fingerprint density at radius 3 is 2.95 bits per heavy atom. The molecule has 3 rings (SSSR count). The van der Waals surface area contributed by atoms with Crippen LogP contribution in [0.2, 0.25) is 0 Å². The highest BCUT2D eigenvalue weighted by Crippen LogP contribution is 2.28. The predicted molar refractivity (Wildman–Crippen MR) is 76.1 cm³/mol. The van der Waals surface area contributed by atoms with E-state index in [0.29, 0.717) is 10.7 Å². The minimum absolute atomic E-state index is 0.296. The number of nitrogens with one attached hydrogen (secondary N) is 1. The Hall–Kier alpha value is -1.25. The summed E-state index contributed by atoms with van der Waals surface area (Å²) < 4.78 is 29.5. The molecular formula is C12H16N4O2S2. The van der Waals surface area contributed by atoms with Crippen LogP contribution in [-0.4, -0.2) is 23.2 Å². The molecule has 1 atom stereocenters. The molecule has 0 fully saturated rings. The molecule has 0 aliphatic carbocycles. The molecule has 0 spiro atoms. The highest BCUT2D eigenvalue weighted by atomic mass is 32.2. The zero-order valence-corrected chi connectivity index (χ0v) is 13.0. The third-order valence-electron chi connectivity index (χ3n) is 3.40. The Morgan fingerprint density at radius 1 is 1.45 bits per heavy atom. The van der Waals surface area contributed by atoms with E-state index in [9.17, 15) is 8.42 Å². The average molecular weight is 312 g/mol. The van der Waals surface area contributed by atoms with Gasteiger partial charge in [-0.3, -0.25) is 0 Å². The lowest BCUT2D eigenvalue weighted by atomic mass is 10.1. The first-order valence-corrected chi connectivity index (χ1v) is 8.74. The number of aryl methyl sites for hydroxylation is 3. The van der Waals surface area contributed by atoms with Crippen LogP contribution < -0.4 is 4.72 Å². The highest BCUT2D eigenvalue weighted by molar-refractivity contribution is 7.89. The van der Waals surface area contributed by atoms with E-state index in [1.54, 1.807) is 10.7 Å². The van der Waals surface area contributed by atoms with Crippen molar-refractivity contribution in [3.05, 3.63) is 28.0 Å². The zero-order valence-electron chi connectivity index (χ0n) is 11.3. The number of fused-ring (bicyclic) bond motifs is 1. The van der Waals surface area contributed by atoms with E-state index in [4.69, 9.17) is 0 Å². The summed E-state index contributed by atoms with van der Waals surface area (Å²) in [5.74, 6) is 0.699. The minimum Gasteiger partial charge on any atom is -0.248 e. The van der Waals surface area contributed by atoms with Crippen LogP contribution in [0.5, 0.6) is 0 Å². The maximum atomic E-state index is 12.5. The van der Waals surface area contributed by atoms with Crippen LogP contribution in [-0.2, 0) is 16.6 Å². The van der Waals surface area contributed by atoms with Crippen LogP contribution in [0.15, 0.2) is 17.3 Å². The second-order valence-corrected chi connectivity index (χ2v) is 8.08. The van der Waals surface area contributed by atoms with Crippen LogP contribution in [0.4, 0.5) is 0 Å². The second kappa shape index (κ2) is 4.94. The molecule has 0 radical (unpaired) electrons. The van der Waals surface area contributed by atoms with Gasteiger partial charge in [0.25, 0.3) is 0 Å². The molecule has 20 heavy (non-hydrogen) atoms. The zero-order chi connectivity index (χ0) is 14.3. The van der Waals surface area contributed by atoms with E-state index >= 15 is 0 Å². The molecule has 1 N–H and O–H groups in total. The standard InChI is InChI=1S/C12H16N4O2S2/c1-8-6-11(9(2)19-8)20(17,18)15-10-4-3-5-16-12(10)13-7-14-16/h6-7,10,15H,3-5H2,1-2H3/t10-/m0/s1. The van der Waals surface area contributed by atoms with E-state index in [-0.39, 0.29) is 6.04 Å². The second-order valence-electron chi connectivity index (χ2n) is 4.93. The van der Waals surface area contributed by atoms with Crippen molar-refractivity contribution < 1.29 is 8.42 Å². The molecule has 0 bridgehead atoms. The van der Waals surface area contributed by atoms with Gasteiger partial charge in [-0.2, -0.15) is 5.10 Å². The van der Waals surface area contributed by atoms with E-state index in [0.717, 1.165) is 29.1 Å². The van der Waals surface area contributed by atoms with Gasteiger partial charge in [0.05, 0.1) is 10.9 Å². The first kappa shape index (κ1) is 13.7. The summed E-state index contributed by atoms with van der Waals surface area (Å²) in [4.78, 5) is 6.35. The Balaban J connectivity index is 1.91. The highest BCUT2D eigenvalue weighted by Gasteiger charge is 2.29. The van der Waals surface area contributed by atoms with E-state index < -0.39 is 10.0 Å². The van der Waals surface area contributed by atoms with Crippen molar-refractivity contribution in [3.63, 3.8) is 0 Å². The summed E-state index contributed by atoms with van der Waals surface area (Å²) in [7, 11) is -3.51. The van der Waals surface area contributed by atoms with Crippen LogP contribution in [0.25, 0.3) is 0 Å². The number of hydrogen-bond donors (Lipinski definition) is 1. The maximum absolute atomic E-state index is 12.5.